The fraction of sp³-hybridized carbons (Fsp3) is 0.692. The monoisotopic (exact) mass is 281 g/mol. The van der Waals surface area contributed by atoms with E-state index in [1.165, 1.54) is 11.3 Å². The minimum atomic E-state index is 0.0594. The first-order valence-electron chi connectivity index (χ1n) is 6.79. The van der Waals surface area contributed by atoms with E-state index in [0.29, 0.717) is 5.69 Å². The van der Waals surface area contributed by atoms with Gasteiger partial charge in [0.05, 0.1) is 6.61 Å². The number of nitrogens with one attached hydrogen (secondary N) is 1. The molecule has 1 aromatic rings. The molecule has 5 nitrogen and oxygen atoms in total. The summed E-state index contributed by atoms with van der Waals surface area (Å²) in [4.78, 5) is 18.7. The van der Waals surface area contributed by atoms with E-state index in [0.717, 1.165) is 50.8 Å². The normalized spacial score (nSPS) is 26.3. The lowest BCUT2D eigenvalue weighted by Gasteiger charge is -2.21. The number of carbonyl (C=O) groups excluding carboxylic acids is 1. The highest BCUT2D eigenvalue weighted by Crippen LogP contribution is 2.38. The van der Waals surface area contributed by atoms with Crippen LogP contribution in [0.2, 0.25) is 0 Å². The molecule has 0 radical (unpaired) electrons. The molecule has 19 heavy (non-hydrogen) atoms. The van der Waals surface area contributed by atoms with Gasteiger partial charge in [-0.15, -0.1) is 11.3 Å². The number of anilines is 1. The van der Waals surface area contributed by atoms with Crippen molar-refractivity contribution in [1.29, 1.82) is 0 Å². The summed E-state index contributed by atoms with van der Waals surface area (Å²) in [5.41, 5.74) is 0.785. The smallest absolute Gasteiger partial charge is 0.273 e. The molecular weight excluding hydrogens is 262 g/mol. The summed E-state index contributed by atoms with van der Waals surface area (Å²) < 4.78 is 5.49. The van der Waals surface area contributed by atoms with Gasteiger partial charge in [0.2, 0.25) is 0 Å². The van der Waals surface area contributed by atoms with Gasteiger partial charge in [0.15, 0.2) is 5.13 Å². The van der Waals surface area contributed by atoms with Crippen LogP contribution < -0.4 is 5.32 Å². The van der Waals surface area contributed by atoms with Crippen molar-refractivity contribution >= 4 is 22.4 Å². The predicted octanol–water partition coefficient (Wildman–Crippen LogP) is 1.83. The summed E-state index contributed by atoms with van der Waals surface area (Å²) in [6.45, 7) is 6.13. The molecule has 0 saturated carbocycles. The van der Waals surface area contributed by atoms with Gasteiger partial charge in [0.25, 0.3) is 5.91 Å². The summed E-state index contributed by atoms with van der Waals surface area (Å²) in [5.74, 6) is 0.0594. The topological polar surface area (TPSA) is 54.5 Å². The molecule has 0 bridgehead atoms. The van der Waals surface area contributed by atoms with Crippen LogP contribution in [0.5, 0.6) is 0 Å². The van der Waals surface area contributed by atoms with Crippen LogP contribution in [0, 0.1) is 5.41 Å². The number of amides is 1. The van der Waals surface area contributed by atoms with Crippen LogP contribution in [-0.2, 0) is 4.74 Å². The largest absolute Gasteiger partial charge is 0.381 e. The van der Waals surface area contributed by atoms with E-state index in [1.54, 1.807) is 0 Å². The van der Waals surface area contributed by atoms with E-state index in [9.17, 15) is 4.79 Å². The summed E-state index contributed by atoms with van der Waals surface area (Å²) in [6, 6.07) is 0. The second-order valence-corrected chi connectivity index (χ2v) is 6.21. The Labute approximate surface area is 117 Å². The molecule has 6 heteroatoms. The van der Waals surface area contributed by atoms with Crippen molar-refractivity contribution in [1.82, 2.24) is 9.88 Å². The van der Waals surface area contributed by atoms with Gasteiger partial charge >= 0.3 is 0 Å². The second kappa shape index (κ2) is 5.09. The number of rotatable bonds is 3. The van der Waals surface area contributed by atoms with E-state index in [-0.39, 0.29) is 11.3 Å². The lowest BCUT2D eigenvalue weighted by molar-refractivity contribution is 0.0761. The number of thiazole rings is 1. The van der Waals surface area contributed by atoms with E-state index in [1.807, 2.05) is 17.2 Å². The summed E-state index contributed by atoms with van der Waals surface area (Å²) in [5, 5.41) is 5.81. The van der Waals surface area contributed by atoms with Crippen molar-refractivity contribution in [3.05, 3.63) is 11.1 Å². The van der Waals surface area contributed by atoms with E-state index >= 15 is 0 Å². The van der Waals surface area contributed by atoms with Crippen molar-refractivity contribution in [3.63, 3.8) is 0 Å². The fourth-order valence-electron chi connectivity index (χ4n) is 2.85. The van der Waals surface area contributed by atoms with Gasteiger partial charge < -0.3 is 15.0 Å². The Morgan fingerprint density at radius 3 is 3.26 bits per heavy atom. The van der Waals surface area contributed by atoms with Crippen LogP contribution in [0.3, 0.4) is 0 Å². The quantitative estimate of drug-likeness (QED) is 0.918. The Hall–Kier alpha value is -1.14. The van der Waals surface area contributed by atoms with Gasteiger partial charge in [-0.2, -0.15) is 0 Å². The molecule has 3 heterocycles. The minimum absolute atomic E-state index is 0.0594. The predicted molar refractivity (Wildman–Crippen MR) is 74.7 cm³/mol. The summed E-state index contributed by atoms with van der Waals surface area (Å²) in [6.07, 6.45) is 2.14. The molecule has 0 aromatic carbocycles. The lowest BCUT2D eigenvalue weighted by Crippen LogP contribution is -2.32. The highest BCUT2D eigenvalue weighted by Gasteiger charge is 2.43. The Balaban J connectivity index is 1.67. The highest BCUT2D eigenvalue weighted by atomic mass is 32.1. The number of hydrogen-bond donors (Lipinski definition) is 1. The van der Waals surface area contributed by atoms with Crippen molar-refractivity contribution in [2.45, 2.75) is 19.8 Å². The van der Waals surface area contributed by atoms with Gasteiger partial charge in [-0.25, -0.2) is 4.98 Å². The lowest BCUT2D eigenvalue weighted by atomic mass is 9.87. The maximum atomic E-state index is 12.4. The highest BCUT2D eigenvalue weighted by molar-refractivity contribution is 7.13. The molecule has 2 fully saturated rings. The summed E-state index contributed by atoms with van der Waals surface area (Å²) in [7, 11) is 0. The number of carbonyl (C=O) groups is 1. The molecular formula is C13H19N3O2S. The number of nitrogens with zero attached hydrogens (tertiary/aromatic N) is 2. The number of ether oxygens (including phenoxy) is 1. The van der Waals surface area contributed by atoms with Gasteiger partial charge in [-0.3, -0.25) is 4.79 Å². The summed E-state index contributed by atoms with van der Waals surface area (Å²) >= 11 is 1.49. The standard InChI is InChI=1S/C13H19N3O2S/c1-2-14-12-15-10(7-19-12)11(17)16-5-3-13(8-16)4-6-18-9-13/h7H,2-6,8-9H2,1H3,(H,14,15)/t13-/m0/s1. The van der Waals surface area contributed by atoms with Crippen molar-refractivity contribution in [2.75, 3.05) is 38.2 Å². The zero-order chi connectivity index (χ0) is 13.3. The van der Waals surface area contributed by atoms with Gasteiger partial charge in [0, 0.05) is 37.0 Å². The maximum Gasteiger partial charge on any atom is 0.273 e. The van der Waals surface area contributed by atoms with Gasteiger partial charge in [-0.05, 0) is 19.8 Å². The molecule has 2 saturated heterocycles. The van der Waals surface area contributed by atoms with Gasteiger partial charge in [0.1, 0.15) is 5.69 Å². The molecule has 1 atom stereocenters. The Kier molecular flexibility index (Phi) is 3.45. The zero-order valence-corrected chi connectivity index (χ0v) is 12.0. The molecule has 3 rings (SSSR count). The maximum absolute atomic E-state index is 12.4. The van der Waals surface area contributed by atoms with Gasteiger partial charge in [-0.1, -0.05) is 0 Å². The third-order valence-corrected chi connectivity index (χ3v) is 4.76. The SMILES string of the molecule is CCNc1nc(C(=O)N2CC[C@]3(CCOC3)C2)cs1. The molecule has 1 amide bonds. The zero-order valence-electron chi connectivity index (χ0n) is 11.1. The van der Waals surface area contributed by atoms with Crippen LogP contribution in [0.4, 0.5) is 5.13 Å². The first kappa shape index (κ1) is 12.9. The minimum Gasteiger partial charge on any atom is -0.381 e. The fourth-order valence-corrected chi connectivity index (χ4v) is 3.60. The van der Waals surface area contributed by atoms with Crippen molar-refractivity contribution in [3.8, 4) is 0 Å². The molecule has 0 unspecified atom stereocenters. The van der Waals surface area contributed by atoms with Crippen LogP contribution in [0.1, 0.15) is 30.3 Å². The second-order valence-electron chi connectivity index (χ2n) is 5.35. The number of aromatic nitrogens is 1. The number of likely N-dealkylation sites (tertiary alicyclic amines) is 1. The van der Waals surface area contributed by atoms with Crippen LogP contribution in [0.15, 0.2) is 5.38 Å². The molecule has 104 valence electrons. The third kappa shape index (κ3) is 2.47. The average Bonchev–Trinajstić information content (AvgIpc) is 3.13. The van der Waals surface area contributed by atoms with E-state index in [2.05, 4.69) is 10.3 Å². The van der Waals surface area contributed by atoms with Crippen LogP contribution in [0.25, 0.3) is 0 Å². The van der Waals surface area contributed by atoms with Crippen molar-refractivity contribution < 1.29 is 9.53 Å². The average molecular weight is 281 g/mol. The first-order chi connectivity index (χ1) is 9.22. The first-order valence-corrected chi connectivity index (χ1v) is 7.67. The van der Waals surface area contributed by atoms with E-state index in [4.69, 9.17) is 4.74 Å². The molecule has 0 aliphatic carbocycles. The number of hydrogen-bond acceptors (Lipinski definition) is 5. The van der Waals surface area contributed by atoms with Crippen molar-refractivity contribution in [2.24, 2.45) is 5.41 Å². The molecule has 1 aromatic heterocycles. The third-order valence-electron chi connectivity index (χ3n) is 3.96. The van der Waals surface area contributed by atoms with E-state index < -0.39 is 0 Å². The molecule has 2 aliphatic rings. The molecule has 1 N–H and O–H groups in total. The van der Waals surface area contributed by atoms with Crippen LogP contribution >= 0.6 is 11.3 Å². The Morgan fingerprint density at radius 1 is 1.63 bits per heavy atom. The Morgan fingerprint density at radius 2 is 2.53 bits per heavy atom. The molecule has 2 aliphatic heterocycles. The molecule has 1 spiro atoms. The Bertz CT molecular complexity index is 468. The van der Waals surface area contributed by atoms with Crippen LogP contribution in [-0.4, -0.2) is 48.6 Å².